The Balaban J connectivity index is 4.25. The van der Waals surface area contributed by atoms with E-state index >= 15 is 0 Å². The van der Waals surface area contributed by atoms with Crippen LogP contribution in [0.4, 0.5) is 13.2 Å². The molecule has 16 heavy (non-hydrogen) atoms. The molecule has 0 aliphatic carbocycles. The lowest BCUT2D eigenvalue weighted by Crippen LogP contribution is -2.48. The minimum absolute atomic E-state index is 0.115. The van der Waals surface area contributed by atoms with Crippen molar-refractivity contribution in [2.24, 2.45) is 0 Å². The van der Waals surface area contributed by atoms with Crippen LogP contribution in [-0.4, -0.2) is 38.6 Å². The molecule has 4 nitrogen and oxygen atoms in total. The van der Waals surface area contributed by atoms with Crippen LogP contribution in [-0.2, 0) is 19.3 Å². The zero-order valence-corrected chi connectivity index (χ0v) is 8.88. The Morgan fingerprint density at radius 3 is 2.31 bits per heavy atom. The molecule has 0 aromatic carbocycles. The quantitative estimate of drug-likeness (QED) is 0.353. The molecule has 0 amide bonds. The summed E-state index contributed by atoms with van der Waals surface area (Å²) < 4.78 is 50.8. The normalized spacial score (nSPS) is 15.8. The molecule has 7 heteroatoms. The maximum Gasteiger partial charge on any atom is 0.469 e. The van der Waals surface area contributed by atoms with Gasteiger partial charge in [-0.2, -0.15) is 13.2 Å². The summed E-state index contributed by atoms with van der Waals surface area (Å²) in [5.41, 5.74) is 0. The fourth-order valence-electron chi connectivity index (χ4n) is 0.752. The zero-order valence-electron chi connectivity index (χ0n) is 8.88. The Morgan fingerprint density at radius 1 is 1.25 bits per heavy atom. The molecule has 0 aliphatic rings. The Bertz CT molecular complexity index is 207. The number of alkyl halides is 3. The maximum absolute atomic E-state index is 13.3. The zero-order chi connectivity index (χ0) is 12.7. The number of hydrogen-bond acceptors (Lipinski definition) is 3. The topological polar surface area (TPSA) is 47.6 Å². The lowest BCUT2D eigenvalue weighted by Gasteiger charge is -2.26. The van der Waals surface area contributed by atoms with E-state index in [1.165, 1.54) is 0 Å². The number of hydrogen-bond donors (Lipinski definition) is 0. The van der Waals surface area contributed by atoms with Gasteiger partial charge in [0.2, 0.25) is 0 Å². The molecule has 0 saturated heterocycles. The highest BCUT2D eigenvalue weighted by atomic mass is 19.3. The molecule has 0 heterocycles. The Kier molecular flexibility index (Phi) is 6.58. The smallest absolute Gasteiger partial charge is 0.379 e. The first kappa shape index (κ1) is 15.4. The highest BCUT2D eigenvalue weighted by Gasteiger charge is 2.59. The molecule has 0 fully saturated rings. The van der Waals surface area contributed by atoms with E-state index in [0.29, 0.717) is 6.61 Å². The minimum Gasteiger partial charge on any atom is -0.379 e. The van der Waals surface area contributed by atoms with E-state index in [2.05, 4.69) is 16.1 Å². The van der Waals surface area contributed by atoms with Crippen molar-refractivity contribution in [2.75, 3.05) is 26.4 Å². The van der Waals surface area contributed by atoms with Gasteiger partial charge < -0.3 is 14.2 Å². The van der Waals surface area contributed by atoms with E-state index in [1.54, 1.807) is 6.92 Å². The Labute approximate surface area is 91.6 Å². The van der Waals surface area contributed by atoms with E-state index in [4.69, 9.17) is 4.74 Å². The molecule has 0 rings (SSSR count). The van der Waals surface area contributed by atoms with E-state index in [9.17, 15) is 18.3 Å². The fourth-order valence-corrected chi connectivity index (χ4v) is 0.752. The van der Waals surface area contributed by atoms with E-state index in [1.807, 2.05) is 0 Å². The average Bonchev–Trinajstić information content (AvgIpc) is 2.20. The second kappa shape index (κ2) is 6.85. The molecule has 0 saturated carbocycles. The molecule has 0 bridgehead atoms. The first-order chi connectivity index (χ1) is 7.37. The Morgan fingerprint density at radius 2 is 1.88 bits per heavy atom. The number of halogens is 3. The van der Waals surface area contributed by atoms with Crippen LogP contribution in [0.15, 0.2) is 12.7 Å². The summed E-state index contributed by atoms with van der Waals surface area (Å²) in [6, 6.07) is -4.00. The van der Waals surface area contributed by atoms with Crippen LogP contribution in [0.25, 0.3) is 0 Å². The van der Waals surface area contributed by atoms with Gasteiger partial charge in [-0.3, -0.25) is 0 Å². The van der Waals surface area contributed by atoms with Crippen molar-refractivity contribution in [3.05, 3.63) is 12.7 Å². The van der Waals surface area contributed by atoms with Gasteiger partial charge >= 0.3 is 12.1 Å². The lowest BCUT2D eigenvalue weighted by atomic mass is 10.5. The van der Waals surface area contributed by atoms with Crippen LogP contribution in [0.2, 0.25) is 0 Å². The number of ether oxygens (including phenoxy) is 3. The molecule has 0 aliphatic heterocycles. The van der Waals surface area contributed by atoms with Crippen LogP contribution < -0.4 is 0 Å². The van der Waals surface area contributed by atoms with Crippen LogP contribution in [0, 0.1) is 0 Å². The van der Waals surface area contributed by atoms with Gasteiger partial charge in [-0.1, -0.05) is 6.08 Å². The van der Waals surface area contributed by atoms with Gasteiger partial charge in [0.1, 0.15) is 0 Å². The summed E-state index contributed by atoms with van der Waals surface area (Å²) in [5, 5.41) is 10.3. The van der Waals surface area contributed by atoms with Crippen molar-refractivity contribution < 1.29 is 32.5 Å². The van der Waals surface area contributed by atoms with Gasteiger partial charge in [-0.15, -0.1) is 11.7 Å². The molecule has 1 atom stereocenters. The molecule has 1 radical (unpaired) electrons. The summed E-state index contributed by atoms with van der Waals surface area (Å²) in [6.07, 6.45) is -3.99. The lowest BCUT2D eigenvalue weighted by molar-refractivity contribution is -0.473. The van der Waals surface area contributed by atoms with Crippen LogP contribution in [0.3, 0.4) is 0 Å². The van der Waals surface area contributed by atoms with Crippen molar-refractivity contribution in [1.29, 1.82) is 0 Å². The molecule has 95 valence electrons. The standard InChI is InChI=1S/C9H14F3O4/c1-3-5-15-9(12,8(10,11)13)16-7-6-14-4-2/h3H,1,4-7H2,2H3. The van der Waals surface area contributed by atoms with Crippen molar-refractivity contribution in [3.8, 4) is 0 Å². The second-order valence-electron chi connectivity index (χ2n) is 2.70. The van der Waals surface area contributed by atoms with Crippen LogP contribution in [0.5, 0.6) is 0 Å². The van der Waals surface area contributed by atoms with E-state index in [-0.39, 0.29) is 6.61 Å². The van der Waals surface area contributed by atoms with E-state index in [0.717, 1.165) is 6.08 Å². The molecule has 0 N–H and O–H groups in total. The first-order valence-corrected chi connectivity index (χ1v) is 4.61. The van der Waals surface area contributed by atoms with Gasteiger partial charge in [0, 0.05) is 6.61 Å². The molecule has 0 aromatic rings. The monoisotopic (exact) mass is 243 g/mol. The maximum atomic E-state index is 13.3. The fraction of sp³-hybridized carbons (Fsp3) is 0.778. The third-order valence-electron chi connectivity index (χ3n) is 1.45. The average molecular weight is 243 g/mol. The molecule has 0 spiro atoms. The number of rotatable bonds is 9. The second-order valence-corrected chi connectivity index (χ2v) is 2.70. The predicted octanol–water partition coefficient (Wildman–Crippen LogP) is 1.89. The summed E-state index contributed by atoms with van der Waals surface area (Å²) in [5.74, 6) is 0. The van der Waals surface area contributed by atoms with Crippen molar-refractivity contribution in [2.45, 2.75) is 19.1 Å². The third-order valence-corrected chi connectivity index (χ3v) is 1.45. The first-order valence-electron chi connectivity index (χ1n) is 4.61. The predicted molar refractivity (Wildman–Crippen MR) is 48.1 cm³/mol. The summed E-state index contributed by atoms with van der Waals surface area (Å²) >= 11 is 0. The van der Waals surface area contributed by atoms with Gasteiger partial charge in [0.05, 0.1) is 19.8 Å². The Hall–Kier alpha value is -0.630. The SMILES string of the molecule is C=CCOC(F)(OCCOCC)C([O])(F)F. The molecular weight excluding hydrogens is 229 g/mol. The van der Waals surface area contributed by atoms with E-state index < -0.39 is 25.4 Å². The highest BCUT2D eigenvalue weighted by molar-refractivity contribution is 4.71. The van der Waals surface area contributed by atoms with Crippen molar-refractivity contribution in [1.82, 2.24) is 0 Å². The van der Waals surface area contributed by atoms with Crippen LogP contribution in [0.1, 0.15) is 6.92 Å². The molecular formula is C9H14F3O4. The van der Waals surface area contributed by atoms with Gasteiger partial charge in [0.15, 0.2) is 0 Å². The molecule has 0 aromatic heterocycles. The summed E-state index contributed by atoms with van der Waals surface area (Å²) in [4.78, 5) is 0. The van der Waals surface area contributed by atoms with Crippen molar-refractivity contribution >= 4 is 0 Å². The van der Waals surface area contributed by atoms with Gasteiger partial charge in [0.25, 0.3) is 0 Å². The molecule has 1 unspecified atom stereocenters. The summed E-state index contributed by atoms with van der Waals surface area (Å²) in [7, 11) is 0. The third kappa shape index (κ3) is 4.93. The van der Waals surface area contributed by atoms with Gasteiger partial charge in [-0.05, 0) is 6.92 Å². The largest absolute Gasteiger partial charge is 0.469 e. The minimum atomic E-state index is -5.01. The summed E-state index contributed by atoms with van der Waals surface area (Å²) in [6.45, 7) is 3.93. The van der Waals surface area contributed by atoms with Crippen LogP contribution >= 0.6 is 0 Å². The van der Waals surface area contributed by atoms with Crippen molar-refractivity contribution in [3.63, 3.8) is 0 Å². The van der Waals surface area contributed by atoms with Gasteiger partial charge in [-0.25, -0.2) is 0 Å². The highest BCUT2D eigenvalue weighted by Crippen LogP contribution is 2.33.